The van der Waals surface area contributed by atoms with E-state index in [1.54, 1.807) is 0 Å². The first-order valence-corrected chi connectivity index (χ1v) is 7.43. The molecule has 1 N–H and O–H groups in total. The highest BCUT2D eigenvalue weighted by molar-refractivity contribution is 5.53. The van der Waals surface area contributed by atoms with Crippen LogP contribution in [0, 0.1) is 22.7 Å². The van der Waals surface area contributed by atoms with Gasteiger partial charge in [-0.05, 0) is 28.8 Å². The molecule has 0 radical (unpaired) electrons. The Hall–Kier alpha value is -3.08. The zero-order chi connectivity index (χ0) is 16.1. The predicted molar refractivity (Wildman–Crippen MR) is 88.8 cm³/mol. The third kappa shape index (κ3) is 3.58. The summed E-state index contributed by atoms with van der Waals surface area (Å²) in [5.41, 5.74) is 4.89. The second kappa shape index (κ2) is 6.79. The summed E-state index contributed by atoms with van der Waals surface area (Å²) in [4.78, 5) is 2.40. The lowest BCUT2D eigenvalue weighted by atomic mass is 10.1. The van der Waals surface area contributed by atoms with Crippen molar-refractivity contribution in [3.8, 4) is 12.1 Å². The number of nitrogens with zero attached hydrogens (tertiary/aromatic N) is 3. The van der Waals surface area contributed by atoms with Gasteiger partial charge in [0.05, 0.1) is 0 Å². The Morgan fingerprint density at radius 3 is 2.52 bits per heavy atom. The molecule has 0 aliphatic carbocycles. The molecule has 0 saturated heterocycles. The lowest BCUT2D eigenvalue weighted by molar-refractivity contribution is 0.275. The third-order valence-corrected chi connectivity index (χ3v) is 3.87. The SMILES string of the molecule is N#CC(C#N)=CNc1ccc2c(c1)CN(Cc1ccccc1)C2. The van der Waals surface area contributed by atoms with Crippen LogP contribution >= 0.6 is 0 Å². The van der Waals surface area contributed by atoms with Crippen molar-refractivity contribution < 1.29 is 0 Å². The molecule has 2 aromatic carbocycles. The fourth-order valence-electron chi connectivity index (χ4n) is 2.75. The first kappa shape index (κ1) is 14.8. The first-order valence-electron chi connectivity index (χ1n) is 7.43. The van der Waals surface area contributed by atoms with E-state index in [0.29, 0.717) is 0 Å². The number of fused-ring (bicyclic) bond motifs is 1. The van der Waals surface area contributed by atoms with Gasteiger partial charge in [-0.3, -0.25) is 4.90 Å². The van der Waals surface area contributed by atoms with Crippen LogP contribution in [0.5, 0.6) is 0 Å². The molecule has 0 bridgehead atoms. The third-order valence-electron chi connectivity index (χ3n) is 3.87. The van der Waals surface area contributed by atoms with Crippen molar-refractivity contribution in [2.24, 2.45) is 0 Å². The summed E-state index contributed by atoms with van der Waals surface area (Å²) in [5.74, 6) is 0. The summed E-state index contributed by atoms with van der Waals surface area (Å²) in [5, 5.41) is 20.5. The van der Waals surface area contributed by atoms with Crippen molar-refractivity contribution in [1.29, 1.82) is 10.5 Å². The quantitative estimate of drug-likeness (QED) is 0.877. The number of hydrogen-bond donors (Lipinski definition) is 1. The normalized spacial score (nSPS) is 12.8. The van der Waals surface area contributed by atoms with Crippen LogP contribution in [0.15, 0.2) is 60.3 Å². The Labute approximate surface area is 135 Å². The maximum atomic E-state index is 8.75. The van der Waals surface area contributed by atoms with Crippen LogP contribution in [0.1, 0.15) is 16.7 Å². The van der Waals surface area contributed by atoms with Crippen LogP contribution in [-0.4, -0.2) is 4.90 Å². The van der Waals surface area contributed by atoms with E-state index >= 15 is 0 Å². The van der Waals surface area contributed by atoms with Crippen LogP contribution in [0.3, 0.4) is 0 Å². The zero-order valence-corrected chi connectivity index (χ0v) is 12.7. The number of hydrogen-bond acceptors (Lipinski definition) is 4. The van der Waals surface area contributed by atoms with Crippen LogP contribution in [0.4, 0.5) is 5.69 Å². The van der Waals surface area contributed by atoms with Gasteiger partial charge in [-0.25, -0.2) is 0 Å². The van der Waals surface area contributed by atoms with Crippen LogP contribution < -0.4 is 5.32 Å². The highest BCUT2D eigenvalue weighted by Gasteiger charge is 2.19. The maximum absolute atomic E-state index is 8.75. The Bertz CT molecular complexity index is 793. The Morgan fingerprint density at radius 1 is 1.04 bits per heavy atom. The highest BCUT2D eigenvalue weighted by Crippen LogP contribution is 2.27. The van der Waals surface area contributed by atoms with Crippen molar-refractivity contribution in [2.45, 2.75) is 19.6 Å². The van der Waals surface area contributed by atoms with E-state index < -0.39 is 0 Å². The van der Waals surface area contributed by atoms with E-state index in [2.05, 4.69) is 46.6 Å². The second-order valence-corrected chi connectivity index (χ2v) is 5.54. The molecule has 112 valence electrons. The molecule has 0 atom stereocenters. The molecule has 2 aromatic rings. The molecular formula is C19H16N4. The van der Waals surface area contributed by atoms with Crippen molar-refractivity contribution in [3.63, 3.8) is 0 Å². The summed E-state index contributed by atoms with van der Waals surface area (Å²) in [6.07, 6.45) is 1.44. The molecule has 0 spiro atoms. The zero-order valence-electron chi connectivity index (χ0n) is 12.7. The molecule has 0 saturated carbocycles. The minimum absolute atomic E-state index is 0.0659. The summed E-state index contributed by atoms with van der Waals surface area (Å²) in [6.45, 7) is 2.79. The number of nitriles is 2. The Balaban J connectivity index is 1.68. The standard InChI is InChI=1S/C19H16N4/c20-9-16(10-21)11-22-19-7-6-17-13-23(14-18(17)8-19)12-15-4-2-1-3-5-15/h1-8,11,22H,12-14H2. The summed E-state index contributed by atoms with van der Waals surface area (Å²) in [6, 6.07) is 20.3. The monoisotopic (exact) mass is 300 g/mol. The smallest absolute Gasteiger partial charge is 0.145 e. The van der Waals surface area contributed by atoms with Gasteiger partial charge in [-0.1, -0.05) is 36.4 Å². The van der Waals surface area contributed by atoms with Crippen LogP contribution in [0.25, 0.3) is 0 Å². The predicted octanol–water partition coefficient (Wildman–Crippen LogP) is 3.55. The molecule has 3 rings (SSSR count). The molecule has 0 aromatic heterocycles. The van der Waals surface area contributed by atoms with Crippen LogP contribution in [-0.2, 0) is 19.6 Å². The summed E-state index contributed by atoms with van der Waals surface area (Å²) >= 11 is 0. The van der Waals surface area contributed by atoms with E-state index in [-0.39, 0.29) is 5.57 Å². The minimum atomic E-state index is 0.0659. The van der Waals surface area contributed by atoms with Crippen molar-refractivity contribution in [2.75, 3.05) is 5.32 Å². The maximum Gasteiger partial charge on any atom is 0.145 e. The van der Waals surface area contributed by atoms with Gasteiger partial charge in [0.1, 0.15) is 17.7 Å². The van der Waals surface area contributed by atoms with Gasteiger partial charge in [0.15, 0.2) is 0 Å². The van der Waals surface area contributed by atoms with Gasteiger partial charge >= 0.3 is 0 Å². The Morgan fingerprint density at radius 2 is 1.78 bits per heavy atom. The lowest BCUT2D eigenvalue weighted by Gasteiger charge is -2.14. The average Bonchev–Trinajstić information content (AvgIpc) is 2.98. The molecule has 23 heavy (non-hydrogen) atoms. The number of rotatable bonds is 4. The minimum Gasteiger partial charge on any atom is -0.360 e. The van der Waals surface area contributed by atoms with Gasteiger partial charge in [0.25, 0.3) is 0 Å². The summed E-state index contributed by atoms with van der Waals surface area (Å²) < 4.78 is 0. The Kier molecular flexibility index (Phi) is 4.38. The molecule has 1 aliphatic rings. The number of allylic oxidation sites excluding steroid dienone is 1. The van der Waals surface area contributed by atoms with Crippen molar-refractivity contribution >= 4 is 5.69 Å². The van der Waals surface area contributed by atoms with E-state index in [4.69, 9.17) is 10.5 Å². The molecule has 0 unspecified atom stereocenters. The molecule has 1 aliphatic heterocycles. The largest absolute Gasteiger partial charge is 0.360 e. The number of nitrogens with one attached hydrogen (secondary N) is 1. The van der Waals surface area contributed by atoms with Crippen molar-refractivity contribution in [3.05, 3.63) is 77.0 Å². The van der Waals surface area contributed by atoms with E-state index in [1.165, 1.54) is 22.9 Å². The number of benzene rings is 2. The lowest BCUT2D eigenvalue weighted by Crippen LogP contribution is -2.15. The number of anilines is 1. The van der Waals surface area contributed by atoms with E-state index in [0.717, 1.165) is 25.3 Å². The summed E-state index contributed by atoms with van der Waals surface area (Å²) in [7, 11) is 0. The highest BCUT2D eigenvalue weighted by atomic mass is 15.1. The topological polar surface area (TPSA) is 62.9 Å². The molecule has 4 nitrogen and oxygen atoms in total. The molecular weight excluding hydrogens is 284 g/mol. The van der Waals surface area contributed by atoms with Gasteiger partial charge in [-0.2, -0.15) is 10.5 Å². The van der Waals surface area contributed by atoms with Gasteiger partial charge in [0.2, 0.25) is 0 Å². The molecule has 1 heterocycles. The fourth-order valence-corrected chi connectivity index (χ4v) is 2.75. The van der Waals surface area contributed by atoms with E-state index in [1.807, 2.05) is 24.3 Å². The molecule has 4 heteroatoms. The van der Waals surface area contributed by atoms with Gasteiger partial charge in [0, 0.05) is 31.5 Å². The first-order chi connectivity index (χ1) is 11.3. The molecule has 0 fully saturated rings. The van der Waals surface area contributed by atoms with Crippen LogP contribution in [0.2, 0.25) is 0 Å². The average molecular weight is 300 g/mol. The fraction of sp³-hybridized carbons (Fsp3) is 0.158. The van der Waals surface area contributed by atoms with Crippen molar-refractivity contribution in [1.82, 2.24) is 4.90 Å². The van der Waals surface area contributed by atoms with Gasteiger partial charge in [-0.15, -0.1) is 0 Å². The molecule has 0 amide bonds. The van der Waals surface area contributed by atoms with Gasteiger partial charge < -0.3 is 5.32 Å². The second-order valence-electron chi connectivity index (χ2n) is 5.54. The van der Waals surface area contributed by atoms with E-state index in [9.17, 15) is 0 Å².